The maximum atomic E-state index is 2.43. The van der Waals surface area contributed by atoms with E-state index < -0.39 is 0 Å². The summed E-state index contributed by atoms with van der Waals surface area (Å²) in [5, 5.41) is 0. The van der Waals surface area contributed by atoms with E-state index in [4.69, 9.17) is 0 Å². The van der Waals surface area contributed by atoms with Crippen molar-refractivity contribution in [2.24, 2.45) is 23.7 Å². The van der Waals surface area contributed by atoms with E-state index in [1.807, 2.05) is 0 Å². The predicted molar refractivity (Wildman–Crippen MR) is 142 cm³/mol. The quantitative estimate of drug-likeness (QED) is 0.170. The molecular weight excluding hydrogens is 360 g/mol. The van der Waals surface area contributed by atoms with Crippen molar-refractivity contribution in [3.63, 3.8) is 0 Å². The Morgan fingerprint density at radius 2 is 0.733 bits per heavy atom. The Hall–Kier alpha value is 0. The van der Waals surface area contributed by atoms with Crippen LogP contribution in [0.15, 0.2) is 0 Å². The van der Waals surface area contributed by atoms with Crippen LogP contribution in [0, 0.1) is 23.7 Å². The van der Waals surface area contributed by atoms with Gasteiger partial charge in [0.15, 0.2) is 0 Å². The Morgan fingerprint density at radius 1 is 0.367 bits per heavy atom. The molecule has 2 atom stereocenters. The van der Waals surface area contributed by atoms with Crippen molar-refractivity contribution in [3.05, 3.63) is 0 Å². The minimum Gasteiger partial charge on any atom is -0.0654 e. The largest absolute Gasteiger partial charge is 0.0654 e. The Morgan fingerprint density at radius 3 is 1.17 bits per heavy atom. The second-order valence-corrected chi connectivity index (χ2v) is 11.2. The fourth-order valence-corrected chi connectivity index (χ4v) is 4.08. The lowest BCUT2D eigenvalue weighted by Gasteiger charge is -2.13. The molecule has 0 saturated carbocycles. The van der Waals surface area contributed by atoms with Gasteiger partial charge in [0.2, 0.25) is 0 Å². The topological polar surface area (TPSA) is 0 Å². The molecule has 0 radical (unpaired) electrons. The van der Waals surface area contributed by atoms with Crippen LogP contribution in [-0.2, 0) is 0 Å². The summed E-state index contributed by atoms with van der Waals surface area (Å²) in [5.74, 6) is 3.68. The Bertz CT molecular complexity index is 290. The second-order valence-electron chi connectivity index (χ2n) is 11.2. The molecule has 0 aromatic carbocycles. The maximum Gasteiger partial charge on any atom is -0.0443 e. The first-order chi connectivity index (χ1) is 14.3. The highest BCUT2D eigenvalue weighted by molar-refractivity contribution is 4.58. The van der Waals surface area contributed by atoms with Crippen LogP contribution in [0.5, 0.6) is 0 Å². The molecule has 0 heteroatoms. The zero-order chi connectivity index (χ0) is 23.0. The van der Waals surface area contributed by atoms with Gasteiger partial charge in [0.25, 0.3) is 0 Å². The molecule has 0 spiro atoms. The van der Waals surface area contributed by atoms with Gasteiger partial charge in [0.1, 0.15) is 0 Å². The summed E-state index contributed by atoms with van der Waals surface area (Å²) in [4.78, 5) is 0. The van der Waals surface area contributed by atoms with Crippen molar-refractivity contribution in [1.29, 1.82) is 0 Å². The third-order valence-electron chi connectivity index (χ3n) is 6.70. The summed E-state index contributed by atoms with van der Waals surface area (Å²) < 4.78 is 0. The summed E-state index contributed by atoms with van der Waals surface area (Å²) in [6.07, 6.45) is 26.0. The van der Waals surface area contributed by atoms with Crippen LogP contribution < -0.4 is 0 Å². The van der Waals surface area contributed by atoms with Gasteiger partial charge < -0.3 is 0 Å². The first-order valence-corrected chi connectivity index (χ1v) is 14.3. The van der Waals surface area contributed by atoms with Gasteiger partial charge in [-0.05, 0) is 23.7 Å². The van der Waals surface area contributed by atoms with E-state index in [-0.39, 0.29) is 0 Å². The average Bonchev–Trinajstić information content (AvgIpc) is 2.69. The lowest BCUT2D eigenvalue weighted by atomic mass is 9.93. The average molecular weight is 425 g/mol. The van der Waals surface area contributed by atoms with E-state index in [2.05, 4.69) is 55.4 Å². The van der Waals surface area contributed by atoms with Gasteiger partial charge in [-0.25, -0.2) is 0 Å². The summed E-state index contributed by atoms with van der Waals surface area (Å²) in [6.45, 7) is 18.7. The van der Waals surface area contributed by atoms with Crippen molar-refractivity contribution in [2.75, 3.05) is 0 Å². The number of unbranched alkanes of at least 4 members (excludes halogenated alkanes) is 9. The zero-order valence-corrected chi connectivity index (χ0v) is 23.0. The van der Waals surface area contributed by atoms with Gasteiger partial charge in [-0.3, -0.25) is 0 Å². The fourth-order valence-electron chi connectivity index (χ4n) is 4.08. The Balaban J connectivity index is 0. The minimum absolute atomic E-state index is 0.886. The summed E-state index contributed by atoms with van der Waals surface area (Å²) >= 11 is 0. The minimum atomic E-state index is 0.886. The Kier molecular flexibility index (Phi) is 27.1. The summed E-state index contributed by atoms with van der Waals surface area (Å²) in [6, 6.07) is 0. The fraction of sp³-hybridized carbons (Fsp3) is 1.00. The molecule has 0 fully saturated rings. The molecular formula is C30H64. The summed E-state index contributed by atoms with van der Waals surface area (Å²) in [5.41, 5.74) is 0. The maximum absolute atomic E-state index is 2.43. The van der Waals surface area contributed by atoms with Crippen molar-refractivity contribution in [2.45, 2.75) is 171 Å². The molecule has 0 bridgehead atoms. The van der Waals surface area contributed by atoms with Gasteiger partial charge in [-0.2, -0.15) is 0 Å². The predicted octanol–water partition coefficient (Wildman–Crippen LogP) is 11.6. The lowest BCUT2D eigenvalue weighted by Crippen LogP contribution is -1.99. The SMILES string of the molecule is CCC(C)CCCC(C)CCCC(C)C.CCCCCCCCCCCCC(C)C. The highest BCUT2D eigenvalue weighted by Gasteiger charge is 2.05. The molecule has 0 N–H and O–H groups in total. The molecule has 0 aromatic rings. The van der Waals surface area contributed by atoms with Crippen LogP contribution in [-0.4, -0.2) is 0 Å². The molecule has 0 amide bonds. The van der Waals surface area contributed by atoms with E-state index in [0.29, 0.717) is 0 Å². The van der Waals surface area contributed by atoms with Crippen molar-refractivity contribution >= 4 is 0 Å². The third kappa shape index (κ3) is 30.2. The van der Waals surface area contributed by atoms with E-state index in [0.717, 1.165) is 23.7 Å². The van der Waals surface area contributed by atoms with Gasteiger partial charge >= 0.3 is 0 Å². The smallest absolute Gasteiger partial charge is 0.0443 e. The first-order valence-electron chi connectivity index (χ1n) is 14.3. The van der Waals surface area contributed by atoms with Crippen molar-refractivity contribution in [3.8, 4) is 0 Å². The highest BCUT2D eigenvalue weighted by Crippen LogP contribution is 2.20. The monoisotopic (exact) mass is 425 g/mol. The molecule has 30 heavy (non-hydrogen) atoms. The van der Waals surface area contributed by atoms with E-state index in [1.165, 1.54) is 116 Å². The molecule has 0 aliphatic rings. The molecule has 184 valence electrons. The molecule has 2 unspecified atom stereocenters. The second kappa shape index (κ2) is 25.3. The first kappa shape index (κ1) is 32.2. The molecule has 0 rings (SSSR count). The summed E-state index contributed by atoms with van der Waals surface area (Å²) in [7, 11) is 0. The van der Waals surface area contributed by atoms with Crippen molar-refractivity contribution in [1.82, 2.24) is 0 Å². The van der Waals surface area contributed by atoms with Gasteiger partial charge in [-0.15, -0.1) is 0 Å². The standard InChI is InChI=1S/2C15H32/c1-6-14(4)10-8-12-15(5)11-7-9-13(2)3;1-4-5-6-7-8-9-10-11-12-13-14-15(2)3/h13-15H,6-12H2,1-5H3;15H,4-14H2,1-3H3. The van der Waals surface area contributed by atoms with Crippen LogP contribution in [0.4, 0.5) is 0 Å². The zero-order valence-electron chi connectivity index (χ0n) is 23.0. The molecule has 0 heterocycles. The van der Waals surface area contributed by atoms with Gasteiger partial charge in [-0.1, -0.05) is 171 Å². The van der Waals surface area contributed by atoms with E-state index in [9.17, 15) is 0 Å². The molecule has 0 nitrogen and oxygen atoms in total. The molecule has 0 saturated heterocycles. The third-order valence-corrected chi connectivity index (χ3v) is 6.70. The van der Waals surface area contributed by atoms with E-state index in [1.54, 1.807) is 0 Å². The molecule has 0 aliphatic heterocycles. The lowest BCUT2D eigenvalue weighted by molar-refractivity contribution is 0.397. The molecule has 0 aliphatic carbocycles. The highest BCUT2D eigenvalue weighted by atomic mass is 14.1. The Labute approximate surface area is 194 Å². The van der Waals surface area contributed by atoms with Crippen LogP contribution in [0.1, 0.15) is 171 Å². The van der Waals surface area contributed by atoms with Crippen molar-refractivity contribution < 1.29 is 0 Å². The number of hydrogen-bond donors (Lipinski definition) is 0. The van der Waals surface area contributed by atoms with Crippen LogP contribution in [0.25, 0.3) is 0 Å². The van der Waals surface area contributed by atoms with Crippen LogP contribution in [0.2, 0.25) is 0 Å². The normalized spacial score (nSPS) is 13.4. The number of rotatable bonds is 20. The van der Waals surface area contributed by atoms with Gasteiger partial charge in [0, 0.05) is 0 Å². The molecule has 0 aromatic heterocycles. The number of hydrogen-bond acceptors (Lipinski definition) is 0. The van der Waals surface area contributed by atoms with E-state index >= 15 is 0 Å². The van der Waals surface area contributed by atoms with Gasteiger partial charge in [0.05, 0.1) is 0 Å². The van der Waals surface area contributed by atoms with Crippen LogP contribution in [0.3, 0.4) is 0 Å². The van der Waals surface area contributed by atoms with Crippen LogP contribution >= 0.6 is 0 Å².